The van der Waals surface area contributed by atoms with E-state index in [9.17, 15) is 0 Å². The third kappa shape index (κ3) is 18.4. The molecule has 0 saturated heterocycles. The Morgan fingerprint density at radius 3 is 1.78 bits per heavy atom. The molecule has 53 valence electrons. The molecule has 2 nitrogen and oxygen atoms in total. The number of nitrogens with zero attached hydrogens (tertiary/aromatic N) is 1. The van der Waals surface area contributed by atoms with E-state index in [4.69, 9.17) is 4.74 Å². The molecule has 0 aromatic heterocycles. The van der Waals surface area contributed by atoms with Crippen LogP contribution in [-0.4, -0.2) is 25.4 Å². The monoisotopic (exact) mass is 556 g/mol. The Hall–Kier alpha value is -0.418. The van der Waals surface area contributed by atoms with Crippen molar-refractivity contribution >= 4 is 0 Å². The van der Waals surface area contributed by atoms with Gasteiger partial charge in [0.15, 0.2) is 0 Å². The van der Waals surface area contributed by atoms with E-state index in [1.807, 2.05) is 7.05 Å². The molecular weight excluding hydrogens is 543 g/mol. The fraction of sp³-hybridized carbons (Fsp3) is 0.600. The molecule has 0 bridgehead atoms. The Morgan fingerprint density at radius 1 is 1.44 bits per heavy atom. The molecule has 0 aliphatic heterocycles. The van der Waals surface area contributed by atoms with E-state index in [1.54, 1.807) is 7.11 Å². The SMILES string of the molecule is [CH2-][N+]([CH2-])(C)COC.[Re].[Rf]. The first kappa shape index (κ1) is 15.8. The zero-order valence-electron chi connectivity index (χ0n) is 6.06. The fourth-order valence-electron chi connectivity index (χ4n) is 0.312. The van der Waals surface area contributed by atoms with Gasteiger partial charge in [-0.1, -0.05) is 0 Å². The van der Waals surface area contributed by atoms with Gasteiger partial charge in [-0.15, -0.1) is 0 Å². The molecule has 0 fully saturated rings. The van der Waals surface area contributed by atoms with Gasteiger partial charge in [0.2, 0.25) is 0 Å². The summed E-state index contributed by atoms with van der Waals surface area (Å²) in [6.07, 6.45) is 0. The van der Waals surface area contributed by atoms with E-state index < -0.39 is 0 Å². The number of quaternary nitrogens is 1. The van der Waals surface area contributed by atoms with Crippen LogP contribution < -0.4 is 0 Å². The molecule has 0 N–H and O–H groups in total. The number of methoxy groups -OCH3 is 1. The van der Waals surface area contributed by atoms with Crippen LogP contribution in [0, 0.1) is 14.1 Å². The maximum Gasteiger partial charge on any atom is 0.135 e. The van der Waals surface area contributed by atoms with E-state index >= 15 is 0 Å². The van der Waals surface area contributed by atoms with Gasteiger partial charge in [0, 0.05) is 34.6 Å². The molecule has 0 spiro atoms. The molecular formula is C5H12NOReRf-. The Balaban J connectivity index is -0.000000180. The van der Waals surface area contributed by atoms with E-state index in [1.165, 1.54) is 0 Å². The van der Waals surface area contributed by atoms with Gasteiger partial charge >= 0.3 is 0 Å². The molecule has 0 heterocycles. The van der Waals surface area contributed by atoms with Crippen LogP contribution in [0.5, 0.6) is 0 Å². The average Bonchev–Trinajstić information content (AvgIpc) is 1.30. The maximum atomic E-state index is 4.75. The number of rotatable bonds is 2. The molecule has 0 unspecified atom stereocenters. The van der Waals surface area contributed by atoms with Crippen LogP contribution in [0.4, 0.5) is 0 Å². The van der Waals surface area contributed by atoms with Gasteiger partial charge in [-0.3, -0.25) is 0 Å². The van der Waals surface area contributed by atoms with Crippen molar-refractivity contribution in [2.24, 2.45) is 0 Å². The zero-order chi connectivity index (χ0) is 5.91. The standard InChI is InChI=1S/C5H12NO.Re.Rf/c1-6(2,3)5-7-4;;/h1-2,5H2,3-4H3;;/q-1;;. The van der Waals surface area contributed by atoms with Gasteiger partial charge in [-0.25, -0.2) is 0 Å². The third-order valence-corrected chi connectivity index (χ3v) is 0.441. The Morgan fingerprint density at radius 2 is 1.78 bits per heavy atom. The first-order chi connectivity index (χ1) is 3.06. The smallest absolute Gasteiger partial charge is 0.135 e. The first-order valence-electron chi connectivity index (χ1n) is 2.09. The number of hydrogen-bond acceptors (Lipinski definition) is 1. The average molecular weight is 555 g/mol. The minimum Gasteiger partial charge on any atom is -0.574 e. The van der Waals surface area contributed by atoms with E-state index in [2.05, 4.69) is 14.1 Å². The molecule has 0 aliphatic rings. The topological polar surface area (TPSA) is 9.23 Å². The zero-order valence-corrected chi connectivity index (χ0v) is 15.2. The molecule has 1 radical (unpaired) electrons. The fourth-order valence-corrected chi connectivity index (χ4v) is 0.312. The normalized spacial score (nSPS) is 9.33. The minimum absolute atomic E-state index is 0. The Kier molecular flexibility index (Phi) is 10.1. The van der Waals surface area contributed by atoms with Crippen LogP contribution in [0.3, 0.4) is 0 Å². The van der Waals surface area contributed by atoms with Crippen molar-refractivity contribution in [3.63, 3.8) is 0 Å². The largest absolute Gasteiger partial charge is 0.574 e. The summed E-state index contributed by atoms with van der Waals surface area (Å²) in [5.41, 5.74) is 0. The molecule has 0 aromatic carbocycles. The molecule has 0 saturated carbocycles. The van der Waals surface area contributed by atoms with Gasteiger partial charge in [0.25, 0.3) is 0 Å². The van der Waals surface area contributed by atoms with E-state index in [0.717, 1.165) is 0 Å². The maximum absolute atomic E-state index is 4.75. The predicted octanol–water partition coefficient (Wildman–Crippen LogP) is 0.618. The summed E-state index contributed by atoms with van der Waals surface area (Å²) in [7, 11) is 10.8. The van der Waals surface area contributed by atoms with E-state index in [0.29, 0.717) is 11.2 Å². The summed E-state index contributed by atoms with van der Waals surface area (Å²) < 4.78 is 5.12. The molecule has 4 heteroatoms. The van der Waals surface area contributed by atoms with Crippen molar-refractivity contribution in [3.05, 3.63) is 14.1 Å². The second-order valence-electron chi connectivity index (χ2n) is 2.04. The molecule has 0 atom stereocenters. The third-order valence-electron chi connectivity index (χ3n) is 0.441. The summed E-state index contributed by atoms with van der Waals surface area (Å²) in [5.74, 6) is 0. The molecule has 9 heavy (non-hydrogen) atoms. The van der Waals surface area contributed by atoms with Crippen LogP contribution in [-0.2, 0) is 25.2 Å². The van der Waals surface area contributed by atoms with Crippen LogP contribution in [0.1, 0.15) is 0 Å². The first-order valence-corrected chi connectivity index (χ1v) is 2.09. The predicted molar refractivity (Wildman–Crippen MR) is 28.8 cm³/mol. The molecule has 0 aromatic rings. The second kappa shape index (κ2) is 5.71. The van der Waals surface area contributed by atoms with Crippen LogP contribution in [0.25, 0.3) is 0 Å². The van der Waals surface area contributed by atoms with Gasteiger partial charge < -0.3 is 9.22 Å². The van der Waals surface area contributed by atoms with Crippen molar-refractivity contribution in [1.82, 2.24) is 0 Å². The van der Waals surface area contributed by atoms with Crippen LogP contribution in [0.15, 0.2) is 0 Å². The Labute approximate surface area is 65.1 Å². The summed E-state index contributed by atoms with van der Waals surface area (Å²) in [5, 5.41) is 0. The van der Waals surface area contributed by atoms with Crippen molar-refractivity contribution in [1.29, 1.82) is 0 Å². The van der Waals surface area contributed by atoms with Crippen molar-refractivity contribution in [2.75, 3.05) is 20.9 Å². The van der Waals surface area contributed by atoms with Crippen molar-refractivity contribution in [2.45, 2.75) is 0 Å². The van der Waals surface area contributed by atoms with Gasteiger partial charge in [0.05, 0.1) is 0 Å². The van der Waals surface area contributed by atoms with Crippen LogP contribution >= 0.6 is 0 Å². The minimum atomic E-state index is 0. The number of hydrogen-bond donors (Lipinski definition) is 0. The van der Waals surface area contributed by atoms with Gasteiger partial charge in [-0.05, 0) is 0 Å². The van der Waals surface area contributed by atoms with Gasteiger partial charge in [-0.2, -0.15) is 14.1 Å². The van der Waals surface area contributed by atoms with Crippen LogP contribution in [0.2, 0.25) is 0 Å². The molecule has 0 amide bonds. The second-order valence-corrected chi connectivity index (χ2v) is 2.04. The summed E-state index contributed by atoms with van der Waals surface area (Å²) in [6, 6.07) is 0. The Bertz CT molecular complexity index is 55.4. The molecule has 0 rings (SSSR count). The quantitative estimate of drug-likeness (QED) is 0.276. The van der Waals surface area contributed by atoms with Crippen molar-refractivity contribution < 1.29 is 29.6 Å². The van der Waals surface area contributed by atoms with E-state index in [-0.39, 0.29) is 20.4 Å². The molecule has 0 aliphatic carbocycles. The van der Waals surface area contributed by atoms with Crippen molar-refractivity contribution in [3.8, 4) is 0 Å². The number of ether oxygens (including phenoxy) is 1. The summed E-state index contributed by atoms with van der Waals surface area (Å²) in [4.78, 5) is 0. The summed E-state index contributed by atoms with van der Waals surface area (Å²) in [6.45, 7) is 0.556. The summed E-state index contributed by atoms with van der Waals surface area (Å²) >= 11 is 0. The van der Waals surface area contributed by atoms with Gasteiger partial charge in [0.1, 0.15) is 6.73 Å².